The van der Waals surface area contributed by atoms with E-state index in [2.05, 4.69) is 0 Å². The van der Waals surface area contributed by atoms with E-state index in [1.54, 1.807) is 12.1 Å². The zero-order valence-corrected chi connectivity index (χ0v) is 15.3. The van der Waals surface area contributed by atoms with Crippen molar-refractivity contribution in [2.24, 2.45) is 0 Å². The van der Waals surface area contributed by atoms with Gasteiger partial charge in [-0.25, -0.2) is 4.79 Å². The molecule has 0 spiro atoms. The molecule has 1 atom stereocenters. The topological polar surface area (TPSA) is 118 Å². The van der Waals surface area contributed by atoms with Crippen molar-refractivity contribution in [3.05, 3.63) is 53.6 Å². The molecule has 0 aromatic heterocycles. The monoisotopic (exact) mass is 401 g/mol. The number of benzene rings is 2. The maximum Gasteiger partial charge on any atom is 0.423 e. The van der Waals surface area contributed by atoms with E-state index in [1.807, 2.05) is 18.2 Å². The lowest BCUT2D eigenvalue weighted by Gasteiger charge is -2.17. The lowest BCUT2D eigenvalue weighted by Crippen LogP contribution is -2.36. The summed E-state index contributed by atoms with van der Waals surface area (Å²) in [6.07, 6.45) is -1.09. The van der Waals surface area contributed by atoms with Crippen molar-refractivity contribution in [1.82, 2.24) is 4.90 Å². The third-order valence-electron chi connectivity index (χ3n) is 4.93. The van der Waals surface area contributed by atoms with Crippen LogP contribution in [0.2, 0.25) is 0 Å². The van der Waals surface area contributed by atoms with Gasteiger partial charge in [0.25, 0.3) is 10.1 Å². The number of ether oxygens (including phenoxy) is 1. The third kappa shape index (κ3) is 2.98. The van der Waals surface area contributed by atoms with Crippen LogP contribution in [0.1, 0.15) is 29.9 Å². The molecular weight excluding hydrogens is 386 g/mol. The number of hydrogen-bond donors (Lipinski definition) is 1. The van der Waals surface area contributed by atoms with E-state index in [0.717, 1.165) is 16.7 Å². The van der Waals surface area contributed by atoms with Gasteiger partial charge in [0, 0.05) is 18.8 Å². The van der Waals surface area contributed by atoms with Crippen LogP contribution in [0.25, 0.3) is 11.1 Å². The second-order valence-electron chi connectivity index (χ2n) is 6.56. The van der Waals surface area contributed by atoms with Crippen LogP contribution in [-0.4, -0.2) is 42.4 Å². The Kier molecular flexibility index (Phi) is 4.28. The highest BCUT2D eigenvalue weighted by Crippen LogP contribution is 2.45. The predicted molar refractivity (Wildman–Crippen MR) is 96.0 cm³/mol. The zero-order chi connectivity index (χ0) is 20.1. The van der Waals surface area contributed by atoms with E-state index in [9.17, 15) is 27.4 Å². The molecule has 144 valence electrons. The number of amides is 3. The van der Waals surface area contributed by atoms with Crippen LogP contribution in [0.3, 0.4) is 0 Å². The summed E-state index contributed by atoms with van der Waals surface area (Å²) < 4.78 is 37.6. The van der Waals surface area contributed by atoms with Crippen LogP contribution in [0, 0.1) is 0 Å². The van der Waals surface area contributed by atoms with Gasteiger partial charge >= 0.3 is 6.09 Å². The highest BCUT2D eigenvalue weighted by molar-refractivity contribution is 7.85. The molecule has 4 rings (SSSR count). The fourth-order valence-electron chi connectivity index (χ4n) is 3.63. The van der Waals surface area contributed by atoms with Crippen molar-refractivity contribution < 1.29 is 32.1 Å². The summed E-state index contributed by atoms with van der Waals surface area (Å²) in [5.74, 6) is -1.70. The van der Waals surface area contributed by atoms with Crippen LogP contribution in [0.5, 0.6) is 0 Å². The molecule has 1 heterocycles. The van der Waals surface area contributed by atoms with E-state index in [1.165, 1.54) is 12.1 Å². The average Bonchev–Trinajstić information content (AvgIpc) is 3.15. The SMILES string of the molecule is O=C1CCC(=O)N1C(=O)OCC1c2ccccc2-c2ccc(S(=O)(=O)O)cc21. The number of likely N-dealkylation sites (tertiary alicyclic amines) is 1. The molecule has 8 nitrogen and oxygen atoms in total. The average molecular weight is 401 g/mol. The Bertz CT molecular complexity index is 1110. The van der Waals surface area contributed by atoms with Gasteiger partial charge in [0.2, 0.25) is 11.8 Å². The molecule has 1 aliphatic carbocycles. The van der Waals surface area contributed by atoms with Crippen LogP contribution in [-0.2, 0) is 24.4 Å². The first-order valence-corrected chi connectivity index (χ1v) is 9.94. The van der Waals surface area contributed by atoms with Crippen LogP contribution >= 0.6 is 0 Å². The summed E-state index contributed by atoms with van der Waals surface area (Å²) in [6, 6.07) is 11.6. The summed E-state index contributed by atoms with van der Waals surface area (Å²) in [6.45, 7) is -0.186. The number of fused-ring (bicyclic) bond motifs is 3. The van der Waals surface area contributed by atoms with Crippen LogP contribution < -0.4 is 0 Å². The van der Waals surface area contributed by atoms with Gasteiger partial charge in [-0.1, -0.05) is 30.3 Å². The number of rotatable bonds is 3. The van der Waals surface area contributed by atoms with E-state index in [0.29, 0.717) is 10.5 Å². The van der Waals surface area contributed by atoms with E-state index in [4.69, 9.17) is 4.74 Å². The molecule has 0 bridgehead atoms. The Labute approximate surface area is 160 Å². The fourth-order valence-corrected chi connectivity index (χ4v) is 4.14. The molecule has 2 aliphatic rings. The quantitative estimate of drug-likeness (QED) is 0.619. The van der Waals surface area contributed by atoms with Crippen molar-refractivity contribution >= 4 is 28.0 Å². The minimum atomic E-state index is -4.40. The van der Waals surface area contributed by atoms with Gasteiger partial charge in [0.05, 0.1) is 4.90 Å². The largest absolute Gasteiger partial charge is 0.448 e. The van der Waals surface area contributed by atoms with E-state index < -0.39 is 33.9 Å². The fraction of sp³-hybridized carbons (Fsp3) is 0.211. The number of carbonyl (C=O) groups excluding carboxylic acids is 3. The highest BCUT2D eigenvalue weighted by Gasteiger charge is 2.37. The van der Waals surface area contributed by atoms with Gasteiger partial charge in [-0.3, -0.25) is 14.1 Å². The normalized spacial score (nSPS) is 18.2. The first-order chi connectivity index (χ1) is 13.3. The van der Waals surface area contributed by atoms with Gasteiger partial charge < -0.3 is 4.74 Å². The lowest BCUT2D eigenvalue weighted by molar-refractivity contribution is -0.136. The Morgan fingerprint density at radius 2 is 1.68 bits per heavy atom. The minimum Gasteiger partial charge on any atom is -0.448 e. The molecule has 0 saturated carbocycles. The molecule has 3 amide bonds. The second kappa shape index (κ2) is 6.54. The van der Waals surface area contributed by atoms with Gasteiger partial charge in [-0.15, -0.1) is 0 Å². The van der Waals surface area contributed by atoms with Crippen molar-refractivity contribution in [3.8, 4) is 11.1 Å². The van der Waals surface area contributed by atoms with Crippen molar-refractivity contribution in [1.29, 1.82) is 0 Å². The molecule has 0 radical (unpaired) electrons. The molecule has 1 N–H and O–H groups in total. The summed E-state index contributed by atoms with van der Waals surface area (Å²) in [7, 11) is -4.40. The Morgan fingerprint density at radius 1 is 1.04 bits per heavy atom. The van der Waals surface area contributed by atoms with Crippen molar-refractivity contribution in [2.75, 3.05) is 6.61 Å². The molecule has 1 saturated heterocycles. The van der Waals surface area contributed by atoms with Gasteiger partial charge in [-0.05, 0) is 34.4 Å². The smallest absolute Gasteiger partial charge is 0.423 e. The molecule has 1 fully saturated rings. The van der Waals surface area contributed by atoms with Crippen LogP contribution in [0.4, 0.5) is 4.79 Å². The molecule has 9 heteroatoms. The molecule has 1 unspecified atom stereocenters. The highest BCUT2D eigenvalue weighted by atomic mass is 32.2. The lowest BCUT2D eigenvalue weighted by atomic mass is 9.98. The third-order valence-corrected chi connectivity index (χ3v) is 5.78. The number of hydrogen-bond acceptors (Lipinski definition) is 6. The molecule has 1 aliphatic heterocycles. The van der Waals surface area contributed by atoms with E-state index in [-0.39, 0.29) is 24.3 Å². The molecule has 2 aromatic carbocycles. The Morgan fingerprint density at radius 3 is 2.36 bits per heavy atom. The standard InChI is InChI=1S/C19H15NO7S/c21-17-7-8-18(22)20(17)19(23)27-10-16-13-4-2-1-3-12(13)14-6-5-11(9-15(14)16)28(24,25)26/h1-6,9,16H,7-8,10H2,(H,24,25,26). The maximum atomic E-state index is 12.2. The first-order valence-electron chi connectivity index (χ1n) is 8.50. The Hall–Kier alpha value is -3.04. The van der Waals surface area contributed by atoms with Gasteiger partial charge in [0.1, 0.15) is 6.61 Å². The van der Waals surface area contributed by atoms with E-state index >= 15 is 0 Å². The molecule has 2 aromatic rings. The van der Waals surface area contributed by atoms with Crippen molar-refractivity contribution in [3.63, 3.8) is 0 Å². The predicted octanol–water partition coefficient (Wildman–Crippen LogP) is 2.33. The maximum absolute atomic E-state index is 12.2. The summed E-state index contributed by atoms with van der Waals surface area (Å²) in [5, 5.41) is 0. The molecule has 28 heavy (non-hydrogen) atoms. The van der Waals surface area contributed by atoms with Gasteiger partial charge in [-0.2, -0.15) is 13.3 Å². The molecular formula is C19H15NO7S. The second-order valence-corrected chi connectivity index (χ2v) is 7.99. The van der Waals surface area contributed by atoms with Crippen molar-refractivity contribution in [2.45, 2.75) is 23.7 Å². The first kappa shape index (κ1) is 18.3. The number of imide groups is 3. The van der Waals surface area contributed by atoms with Crippen LogP contribution in [0.15, 0.2) is 47.4 Å². The summed E-state index contributed by atoms with van der Waals surface area (Å²) >= 11 is 0. The number of nitrogens with zero attached hydrogens (tertiary/aromatic N) is 1. The minimum absolute atomic E-state index is 0.0270. The Balaban J connectivity index is 1.66. The summed E-state index contributed by atoms with van der Waals surface area (Å²) in [5.41, 5.74) is 3.01. The summed E-state index contributed by atoms with van der Waals surface area (Å²) in [4.78, 5) is 35.8. The van der Waals surface area contributed by atoms with Gasteiger partial charge in [0.15, 0.2) is 0 Å². The zero-order valence-electron chi connectivity index (χ0n) is 14.5. The number of carbonyl (C=O) groups is 3.